The molecule has 1 N–H and O–H groups in total. The molecule has 0 unspecified atom stereocenters. The van der Waals surface area contributed by atoms with Crippen LogP contribution in [0.2, 0.25) is 0 Å². The molecule has 1 aliphatic carbocycles. The zero-order valence-corrected chi connectivity index (χ0v) is 22.6. The summed E-state index contributed by atoms with van der Waals surface area (Å²) in [4.78, 5) is 33.6. The first-order valence-corrected chi connectivity index (χ1v) is 14.7. The molecule has 1 saturated heterocycles. The van der Waals surface area contributed by atoms with E-state index >= 15 is 0 Å². The molecule has 2 amide bonds. The summed E-state index contributed by atoms with van der Waals surface area (Å²) in [7, 11) is 0. The Morgan fingerprint density at radius 2 is 1.89 bits per heavy atom. The molecule has 2 aromatic rings. The number of nitrogens with one attached hydrogen (secondary N) is 1. The van der Waals surface area contributed by atoms with Crippen molar-refractivity contribution in [3.05, 3.63) is 22.7 Å². The van der Waals surface area contributed by atoms with Crippen LogP contribution in [0.25, 0.3) is 10.2 Å². The predicted molar refractivity (Wildman–Crippen MR) is 143 cm³/mol. The number of piperidine rings is 1. The molecule has 0 radical (unpaired) electrons. The van der Waals surface area contributed by atoms with Gasteiger partial charge in [0.15, 0.2) is 0 Å². The van der Waals surface area contributed by atoms with Gasteiger partial charge in [0.1, 0.15) is 11.2 Å². The number of fused-ring (bicyclic) bond motifs is 3. The maximum absolute atomic E-state index is 13.9. The molecule has 2 aromatic heterocycles. The third-order valence-electron chi connectivity index (χ3n) is 8.71. The van der Waals surface area contributed by atoms with Crippen LogP contribution in [0.5, 0.6) is 0 Å². The minimum absolute atomic E-state index is 0.00526. The third kappa shape index (κ3) is 4.78. The van der Waals surface area contributed by atoms with Crippen molar-refractivity contribution in [2.45, 2.75) is 109 Å². The van der Waals surface area contributed by atoms with Gasteiger partial charge in [-0.2, -0.15) is 0 Å². The van der Waals surface area contributed by atoms with Crippen molar-refractivity contribution in [2.24, 2.45) is 0 Å². The lowest BCUT2D eigenvalue weighted by atomic mass is 9.91. The SMILES string of the molecule is CCc1cc2c(cc3n2C[C@](C)(C(=O)NC2CCCCC2)N(CCCN2CCCC[C@H]2C)C3=O)s1. The van der Waals surface area contributed by atoms with Crippen LogP contribution in [0.3, 0.4) is 0 Å². The lowest BCUT2D eigenvalue weighted by Crippen LogP contribution is -2.65. The molecular weight excluding hydrogens is 456 g/mol. The first-order chi connectivity index (χ1) is 16.9. The van der Waals surface area contributed by atoms with Gasteiger partial charge in [-0.1, -0.05) is 32.6 Å². The lowest BCUT2D eigenvalue weighted by Gasteiger charge is -2.45. The zero-order valence-electron chi connectivity index (χ0n) is 21.8. The van der Waals surface area contributed by atoms with E-state index in [2.05, 4.69) is 40.8 Å². The van der Waals surface area contributed by atoms with Crippen molar-refractivity contribution >= 4 is 33.4 Å². The minimum atomic E-state index is -0.880. The fourth-order valence-corrected chi connectivity index (χ4v) is 7.46. The van der Waals surface area contributed by atoms with Crippen LogP contribution in [-0.4, -0.2) is 63.4 Å². The maximum Gasteiger partial charge on any atom is 0.271 e. The Kier molecular flexibility index (Phi) is 7.27. The molecule has 6 nitrogen and oxygen atoms in total. The summed E-state index contributed by atoms with van der Waals surface area (Å²) < 4.78 is 3.28. The van der Waals surface area contributed by atoms with Crippen LogP contribution in [0.4, 0.5) is 0 Å². The molecule has 4 heterocycles. The first-order valence-electron chi connectivity index (χ1n) is 13.9. The highest BCUT2D eigenvalue weighted by Crippen LogP contribution is 2.36. The highest BCUT2D eigenvalue weighted by molar-refractivity contribution is 7.19. The quantitative estimate of drug-likeness (QED) is 0.571. The number of rotatable bonds is 7. The number of carbonyl (C=O) groups is 2. The summed E-state index contributed by atoms with van der Waals surface area (Å²) in [5.41, 5.74) is 0.965. The number of amides is 2. The van der Waals surface area contributed by atoms with Crippen LogP contribution in [0, 0.1) is 0 Å². The fourth-order valence-electron chi connectivity index (χ4n) is 6.42. The zero-order chi connectivity index (χ0) is 24.6. The number of nitrogens with zero attached hydrogens (tertiary/aromatic N) is 3. The van der Waals surface area contributed by atoms with Gasteiger partial charge < -0.3 is 19.7 Å². The van der Waals surface area contributed by atoms with E-state index in [1.807, 2.05) is 11.8 Å². The number of aromatic nitrogens is 1. The lowest BCUT2D eigenvalue weighted by molar-refractivity contribution is -0.133. The summed E-state index contributed by atoms with van der Waals surface area (Å²) in [6.07, 6.45) is 11.4. The fraction of sp³-hybridized carbons (Fsp3) is 0.714. The van der Waals surface area contributed by atoms with Crippen molar-refractivity contribution < 1.29 is 9.59 Å². The second-order valence-corrected chi connectivity index (χ2v) is 12.4. The number of hydrogen-bond acceptors (Lipinski definition) is 4. The van der Waals surface area contributed by atoms with Crippen LogP contribution < -0.4 is 5.32 Å². The second kappa shape index (κ2) is 10.3. The van der Waals surface area contributed by atoms with Gasteiger partial charge in [0.05, 0.1) is 16.8 Å². The summed E-state index contributed by atoms with van der Waals surface area (Å²) in [5, 5.41) is 3.36. The number of hydrogen-bond donors (Lipinski definition) is 1. The van der Waals surface area contributed by atoms with Crippen molar-refractivity contribution in [3.63, 3.8) is 0 Å². The van der Waals surface area contributed by atoms with E-state index in [0.717, 1.165) is 54.7 Å². The van der Waals surface area contributed by atoms with Crippen LogP contribution in [0.15, 0.2) is 12.1 Å². The average Bonchev–Trinajstić information content (AvgIpc) is 3.41. The molecular formula is C28H42N4O2S. The Bertz CT molecular complexity index is 1070. The number of likely N-dealkylation sites (tertiary alicyclic amines) is 1. The molecule has 0 bridgehead atoms. The molecule has 0 aromatic carbocycles. The second-order valence-electron chi connectivity index (χ2n) is 11.2. The van der Waals surface area contributed by atoms with E-state index in [9.17, 15) is 9.59 Å². The molecule has 1 saturated carbocycles. The Morgan fingerprint density at radius 1 is 1.11 bits per heavy atom. The maximum atomic E-state index is 13.9. The smallest absolute Gasteiger partial charge is 0.271 e. The number of thiophene rings is 1. The molecule has 3 aliphatic rings. The summed E-state index contributed by atoms with van der Waals surface area (Å²) in [6, 6.07) is 5.11. The van der Waals surface area contributed by atoms with Gasteiger partial charge in [-0.15, -0.1) is 11.3 Å². The highest BCUT2D eigenvalue weighted by Gasteiger charge is 2.48. The summed E-state index contributed by atoms with van der Waals surface area (Å²) >= 11 is 1.77. The first kappa shape index (κ1) is 24.8. The van der Waals surface area contributed by atoms with Crippen LogP contribution >= 0.6 is 11.3 Å². The molecule has 2 atom stereocenters. The van der Waals surface area contributed by atoms with E-state index in [0.29, 0.717) is 19.1 Å². The Morgan fingerprint density at radius 3 is 2.63 bits per heavy atom. The molecule has 192 valence electrons. The summed E-state index contributed by atoms with van der Waals surface area (Å²) in [6.45, 7) is 9.76. The van der Waals surface area contributed by atoms with E-state index in [-0.39, 0.29) is 17.9 Å². The van der Waals surface area contributed by atoms with Gasteiger partial charge in [0.2, 0.25) is 5.91 Å². The molecule has 2 aliphatic heterocycles. The van der Waals surface area contributed by atoms with E-state index in [4.69, 9.17) is 0 Å². The van der Waals surface area contributed by atoms with Crippen molar-refractivity contribution in [2.75, 3.05) is 19.6 Å². The van der Waals surface area contributed by atoms with Gasteiger partial charge in [0.25, 0.3) is 5.91 Å². The number of aryl methyl sites for hydroxylation is 1. The Hall–Kier alpha value is -1.86. The van der Waals surface area contributed by atoms with Gasteiger partial charge >= 0.3 is 0 Å². The van der Waals surface area contributed by atoms with Crippen LogP contribution in [-0.2, 0) is 17.8 Å². The minimum Gasteiger partial charge on any atom is -0.351 e. The van der Waals surface area contributed by atoms with E-state index < -0.39 is 5.54 Å². The molecule has 7 heteroatoms. The molecule has 0 spiro atoms. The van der Waals surface area contributed by atoms with Crippen LogP contribution in [0.1, 0.15) is 93.9 Å². The van der Waals surface area contributed by atoms with Crippen molar-refractivity contribution in [3.8, 4) is 0 Å². The standard InChI is InChI=1S/C28H42N4O2S/c1-4-22-17-23-25(35-22)18-24-26(33)32(16-10-15-30-14-9-8-11-20(30)2)28(3,19-31(23)24)27(34)29-21-12-6-5-7-13-21/h17-18,20-21H,4-16,19H2,1-3H3,(H,29,34)/t20-,28-/m1/s1. The van der Waals surface area contributed by atoms with Gasteiger partial charge in [-0.3, -0.25) is 9.59 Å². The topological polar surface area (TPSA) is 57.6 Å². The monoisotopic (exact) mass is 498 g/mol. The van der Waals surface area contributed by atoms with Crippen molar-refractivity contribution in [1.82, 2.24) is 19.7 Å². The van der Waals surface area contributed by atoms with Gasteiger partial charge in [-0.25, -0.2) is 0 Å². The summed E-state index contributed by atoms with van der Waals surface area (Å²) in [5.74, 6) is 0.0215. The van der Waals surface area contributed by atoms with Gasteiger partial charge in [-0.05, 0) is 71.0 Å². The van der Waals surface area contributed by atoms with E-state index in [1.54, 1.807) is 11.3 Å². The Labute approximate surface area is 214 Å². The molecule has 2 fully saturated rings. The number of carbonyl (C=O) groups excluding carboxylic acids is 2. The Balaban J connectivity index is 1.40. The van der Waals surface area contributed by atoms with Crippen molar-refractivity contribution in [1.29, 1.82) is 0 Å². The van der Waals surface area contributed by atoms with E-state index in [1.165, 1.54) is 43.4 Å². The molecule has 5 rings (SSSR count). The normalized spacial score (nSPS) is 26.3. The predicted octanol–water partition coefficient (Wildman–Crippen LogP) is 5.19. The third-order valence-corrected chi connectivity index (χ3v) is 9.93. The highest BCUT2D eigenvalue weighted by atomic mass is 32.1. The molecule has 35 heavy (non-hydrogen) atoms. The largest absolute Gasteiger partial charge is 0.351 e. The van der Waals surface area contributed by atoms with Gasteiger partial charge in [0, 0.05) is 30.1 Å². The average molecular weight is 499 g/mol.